The van der Waals surface area contributed by atoms with Crippen LogP contribution in [0.15, 0.2) is 42.2 Å². The van der Waals surface area contributed by atoms with Gasteiger partial charge < -0.3 is 9.80 Å². The third-order valence-corrected chi connectivity index (χ3v) is 7.33. The minimum Gasteiger partial charge on any atom is -0.326 e. The van der Waals surface area contributed by atoms with Gasteiger partial charge in [0.2, 0.25) is 0 Å². The van der Waals surface area contributed by atoms with Gasteiger partial charge in [-0.05, 0) is 39.0 Å². The predicted octanol–water partition coefficient (Wildman–Crippen LogP) is 9.86. The Bertz CT molecular complexity index is 1220. The lowest BCUT2D eigenvalue weighted by atomic mass is 10.2. The van der Waals surface area contributed by atoms with Crippen LogP contribution in [0.2, 0.25) is 20.1 Å². The van der Waals surface area contributed by atoms with Gasteiger partial charge in [-0.1, -0.05) is 82.2 Å². The largest absolute Gasteiger partial charge is 0.326 e. The third kappa shape index (κ3) is 5.67. The van der Waals surface area contributed by atoms with Gasteiger partial charge >= 0.3 is 0 Å². The van der Waals surface area contributed by atoms with Gasteiger partial charge in [0.1, 0.15) is 5.82 Å². The Kier molecular flexibility index (Phi) is 12.9. The first-order valence-electron chi connectivity index (χ1n) is 10.6. The van der Waals surface area contributed by atoms with Crippen LogP contribution in [0.4, 0.5) is 11.4 Å². The fourth-order valence-electron chi connectivity index (χ4n) is 4.39. The second kappa shape index (κ2) is 13.6. The summed E-state index contributed by atoms with van der Waals surface area (Å²) in [7, 11) is 2.04. The summed E-state index contributed by atoms with van der Waals surface area (Å²) in [4.78, 5) is 4.50. The summed E-state index contributed by atoms with van der Waals surface area (Å²) in [6, 6.07) is 7.73. The van der Waals surface area contributed by atoms with Crippen molar-refractivity contribution in [3.05, 3.63) is 68.2 Å². The zero-order chi connectivity index (χ0) is 23.2. The van der Waals surface area contributed by atoms with Gasteiger partial charge in [0.05, 0.1) is 45.1 Å². The topological polar surface area (TPSA) is 15.3 Å². The molecule has 2 aromatic carbocycles. The zero-order valence-electron chi connectivity index (χ0n) is 18.5. The number of nitrogens with zero attached hydrogens (tertiary/aromatic N) is 4. The van der Waals surface area contributed by atoms with Crippen molar-refractivity contribution < 1.29 is 4.57 Å². The summed E-state index contributed by atoms with van der Waals surface area (Å²) in [6.07, 6.45) is 6.33. The summed E-state index contributed by atoms with van der Waals surface area (Å²) in [5.41, 5.74) is 4.23. The minimum absolute atomic E-state index is 0. The lowest BCUT2D eigenvalue weighted by Crippen LogP contribution is -2.31. The van der Waals surface area contributed by atoms with Gasteiger partial charge in [-0.15, -0.1) is 0 Å². The van der Waals surface area contributed by atoms with Crippen LogP contribution in [0, 0.1) is 0 Å². The molecule has 0 bridgehead atoms. The van der Waals surface area contributed by atoms with E-state index in [4.69, 9.17) is 46.4 Å². The van der Waals surface area contributed by atoms with E-state index >= 15 is 0 Å². The first-order valence-corrected chi connectivity index (χ1v) is 12.1. The van der Waals surface area contributed by atoms with Gasteiger partial charge in [-0.2, -0.15) is 0 Å². The van der Waals surface area contributed by atoms with Crippen LogP contribution in [-0.2, 0) is 13.6 Å². The number of allylic oxidation sites excluding steroid dienone is 2. The van der Waals surface area contributed by atoms with Crippen LogP contribution in [0.5, 0.6) is 0 Å². The van der Waals surface area contributed by atoms with Crippen LogP contribution >= 0.6 is 46.4 Å². The van der Waals surface area contributed by atoms with Crippen molar-refractivity contribution in [1.82, 2.24) is 4.57 Å². The summed E-state index contributed by atoms with van der Waals surface area (Å²) >= 11 is 25.2. The number of hydrogen-bond acceptors (Lipinski definition) is 2. The summed E-state index contributed by atoms with van der Waals surface area (Å²) in [5.74, 6) is 2.15. The fraction of sp³-hybridized carbons (Fsp3) is 0.393. The Labute approximate surface area is 238 Å². The van der Waals surface area contributed by atoms with Crippen molar-refractivity contribution in [2.45, 2.75) is 57.0 Å². The van der Waals surface area contributed by atoms with Gasteiger partial charge in [0.15, 0.2) is 11.0 Å². The van der Waals surface area contributed by atoms with E-state index in [1.165, 1.54) is 0 Å². The van der Waals surface area contributed by atoms with E-state index in [2.05, 4.69) is 57.9 Å². The predicted molar refractivity (Wildman–Crippen MR) is 165 cm³/mol. The number of aryl methyl sites for hydroxylation is 2. The molecule has 1 aliphatic rings. The van der Waals surface area contributed by atoms with Crippen LogP contribution in [0.1, 0.15) is 56.3 Å². The van der Waals surface area contributed by atoms with Crippen molar-refractivity contribution in [2.75, 3.05) is 22.9 Å². The average Bonchev–Trinajstić information content (AvgIpc) is 3.19. The number of benzene rings is 2. The number of hydrogen-bond donors (Lipinski definition) is 0. The molecule has 0 atom stereocenters. The maximum Gasteiger partial charge on any atom is 0.282 e. The quantitative estimate of drug-likeness (QED) is 0.282. The second-order valence-corrected chi connectivity index (χ2v) is 9.17. The van der Waals surface area contributed by atoms with Crippen molar-refractivity contribution in [3.8, 4) is 0 Å². The smallest absolute Gasteiger partial charge is 0.282 e. The molecule has 0 amide bonds. The molecule has 0 N–H and O–H groups in total. The number of anilines is 2. The Hall–Kier alpha value is -1.85. The average molecular weight is 575 g/mol. The van der Waals surface area contributed by atoms with E-state index in [1.807, 2.05) is 31.3 Å². The molecule has 1 aromatic heterocycles. The van der Waals surface area contributed by atoms with Gasteiger partial charge in [0.25, 0.3) is 5.82 Å². The number of aromatic nitrogens is 2. The molecule has 0 saturated heterocycles. The molecule has 36 heavy (non-hydrogen) atoms. The molecule has 3 aromatic rings. The first-order chi connectivity index (χ1) is 15.3. The SMILES string of the molecule is C.C.C.C.CCN1C(=CC=Cc2n(CC)c3cc(Cl)c(Cl)cc3[n+]2C)N(CC)c2cc(Cl)c(Cl)cc21. The van der Waals surface area contributed by atoms with Crippen molar-refractivity contribution in [2.24, 2.45) is 7.05 Å². The lowest BCUT2D eigenvalue weighted by Gasteiger charge is -2.23. The second-order valence-electron chi connectivity index (χ2n) is 7.54. The highest BCUT2D eigenvalue weighted by Crippen LogP contribution is 2.45. The number of halogens is 4. The van der Waals surface area contributed by atoms with E-state index in [1.54, 1.807) is 0 Å². The van der Waals surface area contributed by atoms with Crippen LogP contribution in [0.3, 0.4) is 0 Å². The molecule has 0 radical (unpaired) electrons. The van der Waals surface area contributed by atoms with Gasteiger partial charge in [0, 0.05) is 31.3 Å². The molecule has 0 fully saturated rings. The van der Waals surface area contributed by atoms with Crippen molar-refractivity contribution in [3.63, 3.8) is 0 Å². The molecular weight excluding hydrogens is 534 g/mol. The number of fused-ring (bicyclic) bond motifs is 2. The highest BCUT2D eigenvalue weighted by molar-refractivity contribution is 6.43. The fourth-order valence-corrected chi connectivity index (χ4v) is 5.02. The Morgan fingerprint density at radius 2 is 1.19 bits per heavy atom. The Balaban J connectivity index is 0.00000306. The standard InChI is InChI=1S/C24H25Cl4N4.4CH4/c1-5-30-20-12-16(26)15(25)11-19(20)29(4)23(30)9-8-10-24-31(6-2)21-13-17(27)18(28)14-22(21)32(24)7-3;;;;/h8-14H,5-7H2,1-4H3;4*1H4/q+1;;;;. The van der Waals surface area contributed by atoms with E-state index in [0.29, 0.717) is 20.1 Å². The van der Waals surface area contributed by atoms with Crippen LogP contribution in [-0.4, -0.2) is 17.7 Å². The number of imidazole rings is 1. The maximum absolute atomic E-state index is 6.31. The molecule has 2 heterocycles. The molecular formula is C28H41Cl4N4+. The molecule has 4 rings (SSSR count). The van der Waals surface area contributed by atoms with Crippen molar-refractivity contribution in [1.29, 1.82) is 0 Å². The molecule has 8 heteroatoms. The number of rotatable bonds is 5. The molecule has 4 nitrogen and oxygen atoms in total. The van der Waals surface area contributed by atoms with E-state index in [-0.39, 0.29) is 29.7 Å². The lowest BCUT2D eigenvalue weighted by molar-refractivity contribution is -0.647. The zero-order valence-corrected chi connectivity index (χ0v) is 21.5. The maximum atomic E-state index is 6.31. The molecule has 200 valence electrons. The molecule has 0 unspecified atom stereocenters. The van der Waals surface area contributed by atoms with Crippen LogP contribution in [0.25, 0.3) is 17.1 Å². The summed E-state index contributed by atoms with van der Waals surface area (Å²) in [5, 5.41) is 2.24. The minimum atomic E-state index is 0. The molecule has 0 aliphatic carbocycles. The Morgan fingerprint density at radius 3 is 1.67 bits per heavy atom. The van der Waals surface area contributed by atoms with Crippen LogP contribution < -0.4 is 14.4 Å². The Morgan fingerprint density at radius 1 is 0.722 bits per heavy atom. The molecule has 1 aliphatic heterocycles. The van der Waals surface area contributed by atoms with Gasteiger partial charge in [-0.25, -0.2) is 9.13 Å². The summed E-state index contributed by atoms with van der Waals surface area (Å²) in [6.45, 7) is 8.84. The third-order valence-electron chi connectivity index (χ3n) is 5.88. The van der Waals surface area contributed by atoms with E-state index < -0.39 is 0 Å². The van der Waals surface area contributed by atoms with E-state index in [0.717, 1.165) is 53.7 Å². The summed E-state index contributed by atoms with van der Waals surface area (Å²) < 4.78 is 4.36. The highest BCUT2D eigenvalue weighted by Gasteiger charge is 2.30. The normalized spacial score (nSPS) is 12.2. The monoisotopic (exact) mass is 573 g/mol. The van der Waals surface area contributed by atoms with Crippen molar-refractivity contribution >= 4 is 74.9 Å². The van der Waals surface area contributed by atoms with Gasteiger partial charge in [-0.3, -0.25) is 0 Å². The first kappa shape index (κ1) is 34.1. The molecule has 0 saturated carbocycles. The van der Waals surface area contributed by atoms with E-state index in [9.17, 15) is 0 Å². The molecule has 0 spiro atoms. The highest BCUT2D eigenvalue weighted by atomic mass is 35.5.